The van der Waals surface area contributed by atoms with Crippen molar-refractivity contribution in [1.29, 1.82) is 5.26 Å². The Hall–Kier alpha value is -4.91. The number of hydrogen-bond acceptors (Lipinski definition) is 7. The second-order valence-electron chi connectivity index (χ2n) is 8.00. The number of aromatic nitrogens is 4. The predicted molar refractivity (Wildman–Crippen MR) is 132 cm³/mol. The fraction of sp³-hybridized carbons (Fsp3) is 0.154. The Morgan fingerprint density at radius 1 is 1.17 bits per heavy atom. The molecule has 10 heteroatoms. The average Bonchev–Trinajstić information content (AvgIpc) is 3.50. The Morgan fingerprint density at radius 3 is 2.81 bits per heavy atom. The van der Waals surface area contributed by atoms with Gasteiger partial charge in [-0.15, -0.1) is 0 Å². The lowest BCUT2D eigenvalue weighted by atomic mass is 10.1. The van der Waals surface area contributed by atoms with Crippen LogP contribution in [0.3, 0.4) is 0 Å². The number of hydrogen-bond donors (Lipinski definition) is 2. The second-order valence-corrected chi connectivity index (χ2v) is 8.00. The lowest BCUT2D eigenvalue weighted by Gasteiger charge is -2.11. The quantitative estimate of drug-likeness (QED) is 0.327. The van der Waals surface area contributed by atoms with E-state index in [0.29, 0.717) is 52.5 Å². The molecule has 5 aromatic rings. The van der Waals surface area contributed by atoms with Crippen LogP contribution in [-0.4, -0.2) is 46.3 Å². The van der Waals surface area contributed by atoms with Crippen LogP contribution in [0.4, 0.5) is 10.2 Å². The Balaban J connectivity index is 1.36. The van der Waals surface area contributed by atoms with E-state index in [1.54, 1.807) is 34.9 Å². The number of halogens is 1. The average molecular weight is 484 g/mol. The van der Waals surface area contributed by atoms with Gasteiger partial charge < -0.3 is 24.3 Å². The summed E-state index contributed by atoms with van der Waals surface area (Å²) in [6.07, 6.45) is 1.44. The molecule has 0 radical (unpaired) electrons. The van der Waals surface area contributed by atoms with Gasteiger partial charge in [-0.25, -0.2) is 19.2 Å². The van der Waals surface area contributed by atoms with Crippen LogP contribution >= 0.6 is 0 Å². The highest BCUT2D eigenvalue weighted by molar-refractivity contribution is 5.95. The third-order valence-electron chi connectivity index (χ3n) is 5.93. The molecule has 0 saturated carbocycles. The molecule has 0 atom stereocenters. The lowest BCUT2D eigenvalue weighted by molar-refractivity contribution is 0.0601. The predicted octanol–water partition coefficient (Wildman–Crippen LogP) is 4.50. The zero-order valence-corrected chi connectivity index (χ0v) is 19.5. The number of esters is 1. The first-order valence-electron chi connectivity index (χ1n) is 11.1. The maximum Gasteiger partial charge on any atom is 0.337 e. The van der Waals surface area contributed by atoms with Crippen LogP contribution in [0.25, 0.3) is 33.2 Å². The molecule has 0 aliphatic heterocycles. The molecule has 0 aliphatic carbocycles. The molecule has 180 valence electrons. The molecule has 0 unspecified atom stereocenters. The maximum absolute atomic E-state index is 14.6. The minimum Gasteiger partial charge on any atom is -0.496 e. The number of anilines is 1. The molecule has 2 N–H and O–H groups in total. The van der Waals surface area contributed by atoms with Crippen molar-refractivity contribution < 1.29 is 18.7 Å². The highest BCUT2D eigenvalue weighted by Crippen LogP contribution is 2.31. The number of fused-ring (bicyclic) bond motifs is 2. The topological polar surface area (TPSA) is 118 Å². The summed E-state index contributed by atoms with van der Waals surface area (Å²) in [5, 5.41) is 14.3. The highest BCUT2D eigenvalue weighted by Gasteiger charge is 2.16. The number of nitrogens with zero attached hydrogens (tertiary/aromatic N) is 4. The van der Waals surface area contributed by atoms with Crippen molar-refractivity contribution in [3.63, 3.8) is 0 Å². The molecule has 0 bridgehead atoms. The van der Waals surface area contributed by atoms with E-state index in [1.807, 2.05) is 12.1 Å². The van der Waals surface area contributed by atoms with Crippen LogP contribution in [0.1, 0.15) is 16.1 Å². The largest absolute Gasteiger partial charge is 0.496 e. The third kappa shape index (κ3) is 4.07. The first-order chi connectivity index (χ1) is 17.5. The van der Waals surface area contributed by atoms with Gasteiger partial charge in [0, 0.05) is 35.4 Å². The number of H-pyrrole nitrogens is 1. The van der Waals surface area contributed by atoms with Gasteiger partial charge in [-0.1, -0.05) is 6.07 Å². The van der Waals surface area contributed by atoms with E-state index in [2.05, 4.69) is 26.3 Å². The number of benzene rings is 2. The molecule has 0 aliphatic rings. The van der Waals surface area contributed by atoms with E-state index in [-0.39, 0.29) is 0 Å². The van der Waals surface area contributed by atoms with Crippen LogP contribution in [0.5, 0.6) is 5.75 Å². The Kier molecular flexibility index (Phi) is 5.96. The molecule has 0 saturated heterocycles. The summed E-state index contributed by atoms with van der Waals surface area (Å²) in [5.41, 5.74) is 3.30. The van der Waals surface area contributed by atoms with Crippen molar-refractivity contribution in [1.82, 2.24) is 19.5 Å². The minimum absolute atomic E-state index is 0.320. The van der Waals surface area contributed by atoms with Gasteiger partial charge in [0.05, 0.1) is 36.7 Å². The van der Waals surface area contributed by atoms with Gasteiger partial charge in [0.25, 0.3) is 0 Å². The molecular formula is C26H21FN6O3. The van der Waals surface area contributed by atoms with E-state index >= 15 is 0 Å². The van der Waals surface area contributed by atoms with Crippen LogP contribution in [-0.2, 0) is 11.3 Å². The molecule has 3 aromatic heterocycles. The summed E-state index contributed by atoms with van der Waals surface area (Å²) < 4.78 is 26.4. The normalized spacial score (nSPS) is 10.9. The molecule has 36 heavy (non-hydrogen) atoms. The van der Waals surface area contributed by atoms with Crippen molar-refractivity contribution in [2.24, 2.45) is 0 Å². The SMILES string of the molecule is COC(=O)c1ccc2cc(-c3cc(NCCn4c(C#N)cc5c(OC)ccc(F)c54)ncn3)[nH]c2c1. The minimum atomic E-state index is -0.425. The molecule has 5 rings (SSSR count). The number of aromatic amines is 1. The van der Waals surface area contributed by atoms with E-state index in [9.17, 15) is 14.4 Å². The van der Waals surface area contributed by atoms with E-state index in [1.165, 1.54) is 26.6 Å². The number of nitriles is 1. The molecular weight excluding hydrogens is 463 g/mol. The van der Waals surface area contributed by atoms with Crippen molar-refractivity contribution in [3.05, 3.63) is 71.9 Å². The Morgan fingerprint density at radius 2 is 2.03 bits per heavy atom. The summed E-state index contributed by atoms with van der Waals surface area (Å²) in [6.45, 7) is 0.721. The molecule has 3 heterocycles. The summed E-state index contributed by atoms with van der Waals surface area (Å²) in [4.78, 5) is 23.7. The van der Waals surface area contributed by atoms with Gasteiger partial charge in [0.1, 0.15) is 35.5 Å². The molecule has 0 fully saturated rings. The number of nitrogens with one attached hydrogen (secondary N) is 2. The molecule has 0 amide bonds. The smallest absolute Gasteiger partial charge is 0.337 e. The Labute approximate surface area is 205 Å². The van der Waals surface area contributed by atoms with Crippen LogP contribution in [0.15, 0.2) is 54.9 Å². The molecule has 2 aromatic carbocycles. The summed E-state index contributed by atoms with van der Waals surface area (Å²) >= 11 is 0. The summed E-state index contributed by atoms with van der Waals surface area (Å²) in [5.74, 6) is 0.245. The standard InChI is InChI=1S/C26H21FN6O3/c1-35-23-6-5-19(27)25-18(23)11-17(13-28)33(25)8-7-29-24-12-21(30-14-31-24)22-9-15-3-4-16(26(34)36-2)10-20(15)32-22/h3-6,9-12,14,32H,7-8H2,1-2H3,(H,29,30,31). The van der Waals surface area contributed by atoms with Gasteiger partial charge in [-0.05, 0) is 36.4 Å². The van der Waals surface area contributed by atoms with Crippen molar-refractivity contribution in [3.8, 4) is 23.2 Å². The first kappa shape index (κ1) is 22.9. The molecule has 9 nitrogen and oxygen atoms in total. The second kappa shape index (κ2) is 9.38. The Bertz CT molecular complexity index is 1650. The third-order valence-corrected chi connectivity index (χ3v) is 5.93. The number of carbonyl (C=O) groups excluding carboxylic acids is 1. The van der Waals surface area contributed by atoms with E-state index in [4.69, 9.17) is 9.47 Å². The zero-order chi connectivity index (χ0) is 25.2. The van der Waals surface area contributed by atoms with Crippen molar-refractivity contribution >= 4 is 33.6 Å². The number of ether oxygens (including phenoxy) is 2. The lowest BCUT2D eigenvalue weighted by Crippen LogP contribution is -2.13. The molecule has 0 spiro atoms. The number of rotatable bonds is 7. The van der Waals surface area contributed by atoms with Gasteiger partial charge >= 0.3 is 5.97 Å². The van der Waals surface area contributed by atoms with Crippen LogP contribution < -0.4 is 10.1 Å². The van der Waals surface area contributed by atoms with Gasteiger partial charge in [0.2, 0.25) is 0 Å². The number of methoxy groups -OCH3 is 2. The van der Waals surface area contributed by atoms with Gasteiger partial charge in [-0.2, -0.15) is 5.26 Å². The van der Waals surface area contributed by atoms with Crippen molar-refractivity contribution in [2.75, 3.05) is 26.1 Å². The maximum atomic E-state index is 14.6. The van der Waals surface area contributed by atoms with E-state index in [0.717, 1.165) is 16.6 Å². The highest BCUT2D eigenvalue weighted by atomic mass is 19.1. The fourth-order valence-electron chi connectivity index (χ4n) is 4.22. The summed E-state index contributed by atoms with van der Waals surface area (Å²) in [7, 11) is 2.85. The zero-order valence-electron chi connectivity index (χ0n) is 19.5. The van der Waals surface area contributed by atoms with Gasteiger partial charge in [-0.3, -0.25) is 0 Å². The van der Waals surface area contributed by atoms with Crippen LogP contribution in [0.2, 0.25) is 0 Å². The fourth-order valence-corrected chi connectivity index (χ4v) is 4.22. The van der Waals surface area contributed by atoms with Crippen molar-refractivity contribution in [2.45, 2.75) is 6.54 Å². The van der Waals surface area contributed by atoms with E-state index < -0.39 is 11.8 Å². The monoisotopic (exact) mass is 484 g/mol. The first-order valence-corrected chi connectivity index (χ1v) is 11.1. The summed E-state index contributed by atoms with van der Waals surface area (Å²) in [6, 6.07) is 15.6. The van der Waals surface area contributed by atoms with Gasteiger partial charge in [0.15, 0.2) is 0 Å². The number of carbonyl (C=O) groups is 1. The van der Waals surface area contributed by atoms with Crippen LogP contribution in [0, 0.1) is 17.1 Å².